The fourth-order valence-electron chi connectivity index (χ4n) is 3.43. The van der Waals surface area contributed by atoms with E-state index in [4.69, 9.17) is 15.3 Å². The van der Waals surface area contributed by atoms with Gasteiger partial charge in [-0.15, -0.1) is 12.6 Å². The summed E-state index contributed by atoms with van der Waals surface area (Å²) in [7, 11) is 2.11. The molecule has 7 heteroatoms. The van der Waals surface area contributed by atoms with Gasteiger partial charge >= 0.3 is 0 Å². The molecule has 1 unspecified atom stereocenters. The summed E-state index contributed by atoms with van der Waals surface area (Å²) >= 11 is 4.14. The molecule has 3 rings (SSSR count). The molecule has 0 aromatic rings. The van der Waals surface area contributed by atoms with Crippen molar-refractivity contribution in [2.24, 2.45) is 11.3 Å². The van der Waals surface area contributed by atoms with Crippen LogP contribution >= 0.6 is 12.6 Å². The van der Waals surface area contributed by atoms with Crippen LogP contribution in [0.3, 0.4) is 0 Å². The van der Waals surface area contributed by atoms with Gasteiger partial charge in [-0.3, -0.25) is 4.79 Å². The summed E-state index contributed by atoms with van der Waals surface area (Å²) in [5.41, 5.74) is -0.109. The number of nitrogens with one attached hydrogen (secondary N) is 1. The van der Waals surface area contributed by atoms with Gasteiger partial charge in [-0.2, -0.15) is 10.5 Å². The molecule has 23 heavy (non-hydrogen) atoms. The molecule has 1 saturated carbocycles. The van der Waals surface area contributed by atoms with Gasteiger partial charge in [0.1, 0.15) is 5.92 Å². The van der Waals surface area contributed by atoms with E-state index in [0.29, 0.717) is 10.6 Å². The molecule has 0 bridgehead atoms. The summed E-state index contributed by atoms with van der Waals surface area (Å²) in [4.78, 5) is 14.0. The lowest BCUT2D eigenvalue weighted by Crippen LogP contribution is -2.45. The van der Waals surface area contributed by atoms with Crippen molar-refractivity contribution in [1.29, 1.82) is 10.5 Å². The van der Waals surface area contributed by atoms with E-state index in [1.54, 1.807) is 0 Å². The van der Waals surface area contributed by atoms with Gasteiger partial charge in [0.25, 0.3) is 0 Å². The number of carbonyl (C=O) groups is 1. The molecule has 0 radical (unpaired) electrons. The lowest BCUT2D eigenvalue weighted by Gasteiger charge is -2.36. The molecule has 1 N–H and O–H groups in total. The quantitative estimate of drug-likeness (QED) is 0.654. The van der Waals surface area contributed by atoms with Gasteiger partial charge in [0.2, 0.25) is 5.91 Å². The van der Waals surface area contributed by atoms with Gasteiger partial charge in [-0.05, 0) is 19.9 Å². The van der Waals surface area contributed by atoms with Crippen LogP contribution in [0.1, 0.15) is 25.7 Å². The molecule has 1 aliphatic carbocycles. The van der Waals surface area contributed by atoms with Crippen molar-refractivity contribution in [2.75, 3.05) is 33.4 Å². The first kappa shape index (κ1) is 17.8. The molecule has 2 aliphatic heterocycles. The third kappa shape index (κ3) is 3.69. The van der Waals surface area contributed by atoms with Gasteiger partial charge < -0.3 is 15.0 Å². The van der Waals surface area contributed by atoms with Gasteiger partial charge in [-0.25, -0.2) is 0 Å². The average molecular weight is 334 g/mol. The van der Waals surface area contributed by atoms with Gasteiger partial charge in [0, 0.05) is 18.5 Å². The highest BCUT2D eigenvalue weighted by atomic mass is 32.1. The second kappa shape index (κ2) is 7.83. The number of ether oxygens (including phenoxy) is 1. The Hall–Kier alpha value is -1.54. The second-order valence-corrected chi connectivity index (χ2v) is 6.61. The van der Waals surface area contributed by atoms with Gasteiger partial charge in [0.05, 0.1) is 36.0 Å². The molecule has 0 aromatic carbocycles. The van der Waals surface area contributed by atoms with E-state index in [2.05, 4.69) is 36.0 Å². The normalized spacial score (nSPS) is 26.8. The SMILES string of the molecule is CN1CCOCC1.N#CC1=C(S)NC(=O)C(C#N)C12CCCC2. The number of thiol groups is 1. The average Bonchev–Trinajstić information content (AvgIpc) is 2.99. The van der Waals surface area contributed by atoms with E-state index in [1.807, 2.05) is 6.07 Å². The van der Waals surface area contributed by atoms with Crippen molar-refractivity contribution in [1.82, 2.24) is 10.2 Å². The number of nitrogens with zero attached hydrogens (tertiary/aromatic N) is 3. The molecule has 0 aromatic heterocycles. The van der Waals surface area contributed by atoms with Crippen LogP contribution in [0, 0.1) is 34.0 Å². The summed E-state index contributed by atoms with van der Waals surface area (Å²) in [6, 6.07) is 4.15. The van der Waals surface area contributed by atoms with Crippen molar-refractivity contribution >= 4 is 18.5 Å². The standard InChI is InChI=1S/C11H11N3OS.C5H11NO/c12-5-7-9(15)14-10(16)8(6-13)11(7)3-1-2-4-11;1-6-2-4-7-5-3-6/h7,16H,1-4H2,(H,14,15);2-5H2,1H3. The van der Waals surface area contributed by atoms with Crippen molar-refractivity contribution in [3.63, 3.8) is 0 Å². The molecule has 124 valence electrons. The highest BCUT2D eigenvalue weighted by Crippen LogP contribution is 2.52. The van der Waals surface area contributed by atoms with Crippen molar-refractivity contribution < 1.29 is 9.53 Å². The number of allylic oxidation sites excluding steroid dienone is 1. The topological polar surface area (TPSA) is 89.2 Å². The number of morpholine rings is 1. The molecule has 1 spiro atoms. The Balaban J connectivity index is 0.000000229. The van der Waals surface area contributed by atoms with Crippen LogP contribution in [0.25, 0.3) is 0 Å². The molecular formula is C16H22N4O2S. The lowest BCUT2D eigenvalue weighted by atomic mass is 9.67. The minimum Gasteiger partial charge on any atom is -0.379 e. The molecular weight excluding hydrogens is 312 g/mol. The molecule has 3 aliphatic rings. The number of carbonyl (C=O) groups excluding carboxylic acids is 1. The van der Waals surface area contributed by atoms with E-state index in [0.717, 1.165) is 52.0 Å². The Morgan fingerprint density at radius 1 is 1.30 bits per heavy atom. The first-order valence-corrected chi connectivity index (χ1v) is 8.30. The highest BCUT2D eigenvalue weighted by Gasteiger charge is 2.52. The van der Waals surface area contributed by atoms with Crippen LogP contribution in [0.5, 0.6) is 0 Å². The molecule has 1 atom stereocenters. The van der Waals surface area contributed by atoms with Crippen LogP contribution in [-0.4, -0.2) is 44.2 Å². The Bertz CT molecular complexity index is 564. The van der Waals surface area contributed by atoms with Crippen molar-refractivity contribution in [3.05, 3.63) is 10.6 Å². The number of hydrogen-bond acceptors (Lipinski definition) is 6. The Morgan fingerprint density at radius 3 is 2.35 bits per heavy atom. The molecule has 2 fully saturated rings. The van der Waals surface area contributed by atoms with Gasteiger partial charge in [-0.1, -0.05) is 12.8 Å². The minimum absolute atomic E-state index is 0.320. The van der Waals surface area contributed by atoms with E-state index in [9.17, 15) is 4.79 Å². The van der Waals surface area contributed by atoms with Gasteiger partial charge in [0.15, 0.2) is 0 Å². The third-order valence-electron chi connectivity index (χ3n) is 4.76. The maximum Gasteiger partial charge on any atom is 0.243 e. The first-order valence-electron chi connectivity index (χ1n) is 7.86. The number of amides is 1. The number of nitriles is 2. The van der Waals surface area contributed by atoms with E-state index < -0.39 is 11.3 Å². The Labute approximate surface area is 142 Å². The van der Waals surface area contributed by atoms with E-state index in [1.165, 1.54) is 0 Å². The second-order valence-electron chi connectivity index (χ2n) is 6.17. The monoisotopic (exact) mass is 334 g/mol. The predicted molar refractivity (Wildman–Crippen MR) is 88.1 cm³/mol. The Kier molecular flexibility index (Phi) is 6.06. The third-order valence-corrected chi connectivity index (χ3v) is 5.10. The highest BCUT2D eigenvalue weighted by molar-refractivity contribution is 7.84. The fourth-order valence-corrected chi connectivity index (χ4v) is 3.81. The van der Waals surface area contributed by atoms with Crippen LogP contribution < -0.4 is 5.32 Å². The zero-order chi connectivity index (χ0) is 16.9. The summed E-state index contributed by atoms with van der Waals surface area (Å²) in [6.07, 6.45) is 3.37. The first-order chi connectivity index (χ1) is 11.0. The molecule has 1 saturated heterocycles. The van der Waals surface area contributed by atoms with Crippen LogP contribution in [0.4, 0.5) is 0 Å². The van der Waals surface area contributed by atoms with E-state index >= 15 is 0 Å². The lowest BCUT2D eigenvalue weighted by molar-refractivity contribution is -0.126. The largest absolute Gasteiger partial charge is 0.379 e. The zero-order valence-corrected chi connectivity index (χ0v) is 14.2. The minimum atomic E-state index is -0.749. The van der Waals surface area contributed by atoms with E-state index in [-0.39, 0.29) is 5.91 Å². The zero-order valence-electron chi connectivity index (χ0n) is 13.3. The summed E-state index contributed by atoms with van der Waals surface area (Å²) in [5.74, 6) is -1.08. The maximum atomic E-state index is 11.7. The number of hydrogen-bond donors (Lipinski definition) is 2. The van der Waals surface area contributed by atoms with Crippen LogP contribution in [0.2, 0.25) is 0 Å². The molecule has 6 nitrogen and oxygen atoms in total. The van der Waals surface area contributed by atoms with Crippen LogP contribution in [-0.2, 0) is 9.53 Å². The summed E-state index contributed by atoms with van der Waals surface area (Å²) in [6.45, 7) is 4.02. The molecule has 2 heterocycles. The van der Waals surface area contributed by atoms with Crippen LogP contribution in [0.15, 0.2) is 10.6 Å². The maximum absolute atomic E-state index is 11.7. The van der Waals surface area contributed by atoms with Crippen molar-refractivity contribution in [3.8, 4) is 12.1 Å². The molecule has 1 amide bonds. The number of likely N-dealkylation sites (N-methyl/N-ethyl adjacent to an activating group) is 1. The summed E-state index contributed by atoms with van der Waals surface area (Å²) < 4.78 is 5.10. The summed E-state index contributed by atoms with van der Waals surface area (Å²) in [5, 5.41) is 21.1. The Morgan fingerprint density at radius 2 is 1.91 bits per heavy atom. The fraction of sp³-hybridized carbons (Fsp3) is 0.688. The number of rotatable bonds is 0. The van der Waals surface area contributed by atoms with Crippen molar-refractivity contribution in [2.45, 2.75) is 25.7 Å². The smallest absolute Gasteiger partial charge is 0.243 e. The predicted octanol–water partition coefficient (Wildman–Crippen LogP) is 1.43.